The number of hydrogen-bond donors (Lipinski definition) is 5. The normalized spacial score (nSPS) is 13.9. The zero-order valence-corrected chi connectivity index (χ0v) is 21.1. The number of rotatable bonds is 6. The average molecular weight is 485 g/mol. The molecule has 1 aromatic carbocycles. The quantitative estimate of drug-likeness (QED) is 0.366. The number of anilines is 1. The summed E-state index contributed by atoms with van der Waals surface area (Å²) < 4.78 is 14.1. The number of nitrogens with one attached hydrogen (secondary N) is 4. The molecule has 3 rings (SSSR count). The highest BCUT2D eigenvalue weighted by atomic mass is 19.1. The van der Waals surface area contributed by atoms with Gasteiger partial charge in [-0.2, -0.15) is 0 Å². The van der Waals surface area contributed by atoms with Gasteiger partial charge < -0.3 is 26.7 Å². The van der Waals surface area contributed by atoms with Crippen LogP contribution in [0.25, 0.3) is 21.8 Å². The fourth-order valence-corrected chi connectivity index (χ4v) is 4.02. The molecule has 35 heavy (non-hydrogen) atoms. The third kappa shape index (κ3) is 5.21. The van der Waals surface area contributed by atoms with Crippen molar-refractivity contribution in [3.63, 3.8) is 0 Å². The second kappa shape index (κ2) is 9.16. The van der Waals surface area contributed by atoms with Crippen molar-refractivity contribution < 1.29 is 18.8 Å². The van der Waals surface area contributed by atoms with Crippen LogP contribution in [0.15, 0.2) is 24.4 Å². The van der Waals surface area contributed by atoms with E-state index in [9.17, 15) is 18.8 Å². The number of amides is 3. The number of fused-ring (bicyclic) bond motifs is 3. The fourth-order valence-electron chi connectivity index (χ4n) is 4.02. The Morgan fingerprint density at radius 2 is 1.66 bits per heavy atom. The molecule has 0 spiro atoms. The van der Waals surface area contributed by atoms with Crippen LogP contribution in [0, 0.1) is 16.6 Å². The summed E-state index contributed by atoms with van der Waals surface area (Å²) >= 11 is 0. The molecule has 2 atom stereocenters. The highest BCUT2D eigenvalue weighted by Crippen LogP contribution is 2.35. The largest absolute Gasteiger partial charge is 0.365 e. The molecule has 0 radical (unpaired) electrons. The molecule has 0 bridgehead atoms. The second-order valence-electron chi connectivity index (χ2n) is 10.8. The predicted octanol–water partition coefficient (Wildman–Crippen LogP) is 3.06. The second-order valence-corrected chi connectivity index (χ2v) is 10.8. The lowest BCUT2D eigenvalue weighted by Crippen LogP contribution is -2.58. The van der Waals surface area contributed by atoms with Crippen molar-refractivity contribution in [3.8, 4) is 0 Å². The summed E-state index contributed by atoms with van der Waals surface area (Å²) in [7, 11) is 1.52. The van der Waals surface area contributed by atoms with Crippen molar-refractivity contribution >= 4 is 45.3 Å². The molecule has 1 unspecified atom stereocenters. The Balaban J connectivity index is 2.12. The number of H-pyrrole nitrogens is 1. The average Bonchev–Trinajstić information content (AvgIpc) is 3.12. The Morgan fingerprint density at radius 3 is 2.20 bits per heavy atom. The molecule has 0 saturated carbocycles. The van der Waals surface area contributed by atoms with E-state index in [0.29, 0.717) is 21.8 Å². The summed E-state index contributed by atoms with van der Waals surface area (Å²) in [5, 5.41) is 9.59. The highest BCUT2D eigenvalue weighted by Gasteiger charge is 2.38. The number of aromatic amines is 1. The SMILES string of the molecule is CNC(=O)C(NC(=O)[C@H](Nc1ncc(C(N)=O)c2[nH]c3ccc(F)cc3c12)C(C)(C)C)C(C)(C)C. The van der Waals surface area contributed by atoms with Crippen molar-refractivity contribution in [1.82, 2.24) is 20.6 Å². The van der Waals surface area contributed by atoms with Crippen LogP contribution in [0.1, 0.15) is 51.9 Å². The molecule has 0 aliphatic carbocycles. The molecule has 9 nitrogen and oxygen atoms in total. The summed E-state index contributed by atoms with van der Waals surface area (Å²) in [6.07, 6.45) is 1.32. The first-order valence-corrected chi connectivity index (χ1v) is 11.3. The lowest BCUT2D eigenvalue weighted by atomic mass is 9.83. The molecular formula is C25H33FN6O3. The third-order valence-electron chi connectivity index (χ3n) is 5.93. The highest BCUT2D eigenvalue weighted by molar-refractivity contribution is 6.18. The third-order valence-corrected chi connectivity index (χ3v) is 5.93. The van der Waals surface area contributed by atoms with Gasteiger partial charge in [0.25, 0.3) is 5.91 Å². The van der Waals surface area contributed by atoms with E-state index in [0.717, 1.165) is 0 Å². The van der Waals surface area contributed by atoms with Gasteiger partial charge in [0.15, 0.2) is 0 Å². The molecule has 6 N–H and O–H groups in total. The molecule has 0 saturated heterocycles. The Kier molecular flexibility index (Phi) is 6.79. The van der Waals surface area contributed by atoms with Crippen LogP contribution in [-0.2, 0) is 9.59 Å². The fraction of sp³-hybridized carbons (Fsp3) is 0.440. The molecule has 0 aliphatic rings. The number of halogens is 1. The van der Waals surface area contributed by atoms with Gasteiger partial charge in [0.2, 0.25) is 11.8 Å². The van der Waals surface area contributed by atoms with E-state index in [1.165, 1.54) is 25.4 Å². The molecule has 0 fully saturated rings. The first kappa shape index (κ1) is 25.9. The van der Waals surface area contributed by atoms with Crippen molar-refractivity contribution in [2.24, 2.45) is 16.6 Å². The number of nitrogens with two attached hydrogens (primary N) is 1. The van der Waals surface area contributed by atoms with Crippen molar-refractivity contribution in [1.29, 1.82) is 0 Å². The lowest BCUT2D eigenvalue weighted by molar-refractivity contribution is -0.132. The van der Waals surface area contributed by atoms with Gasteiger partial charge in [-0.1, -0.05) is 41.5 Å². The Hall–Kier alpha value is -3.69. The van der Waals surface area contributed by atoms with E-state index >= 15 is 0 Å². The smallest absolute Gasteiger partial charge is 0.252 e. The van der Waals surface area contributed by atoms with Gasteiger partial charge in [-0.25, -0.2) is 9.37 Å². The first-order valence-electron chi connectivity index (χ1n) is 11.3. The molecule has 10 heteroatoms. The minimum Gasteiger partial charge on any atom is -0.365 e. The van der Waals surface area contributed by atoms with Crippen LogP contribution in [0.5, 0.6) is 0 Å². The molecule has 2 aromatic heterocycles. The van der Waals surface area contributed by atoms with Crippen molar-refractivity contribution in [2.75, 3.05) is 12.4 Å². The van der Waals surface area contributed by atoms with Gasteiger partial charge in [0.1, 0.15) is 23.7 Å². The van der Waals surface area contributed by atoms with Crippen LogP contribution < -0.4 is 21.7 Å². The van der Waals surface area contributed by atoms with E-state index in [1.807, 2.05) is 41.5 Å². The van der Waals surface area contributed by atoms with Crippen LogP contribution >= 0.6 is 0 Å². The number of pyridine rings is 1. The molecule has 188 valence electrons. The molecular weight excluding hydrogens is 451 g/mol. The maximum atomic E-state index is 14.1. The van der Waals surface area contributed by atoms with Crippen molar-refractivity contribution in [2.45, 2.75) is 53.6 Å². The van der Waals surface area contributed by atoms with E-state index in [1.54, 1.807) is 6.07 Å². The van der Waals surface area contributed by atoms with Crippen molar-refractivity contribution in [3.05, 3.63) is 35.8 Å². The minimum absolute atomic E-state index is 0.145. The van der Waals surface area contributed by atoms with Crippen LogP contribution in [0.4, 0.5) is 10.2 Å². The summed E-state index contributed by atoms with van der Waals surface area (Å²) in [6.45, 7) is 11.2. The van der Waals surface area contributed by atoms with Gasteiger partial charge in [0.05, 0.1) is 16.5 Å². The topological polar surface area (TPSA) is 142 Å². The van der Waals surface area contributed by atoms with E-state index in [4.69, 9.17) is 5.73 Å². The standard InChI is InChI=1S/C25H33FN6O3/c1-24(2,3)18(22(34)28-7)32-23(35)19(25(4,5)6)31-21-16-13-10-12(26)8-9-15(13)30-17(16)14(11-29-21)20(27)33/h8-11,18-19,30H,1-7H3,(H2,27,33)(H,28,34)(H,29,31)(H,32,35)/t18?,19-/m0/s1. The number of likely N-dealkylation sites (N-methyl/N-ethyl adjacent to an activating group) is 1. The number of hydrogen-bond acceptors (Lipinski definition) is 5. The number of nitrogens with zero attached hydrogens (tertiary/aromatic N) is 1. The van der Waals surface area contributed by atoms with Crippen LogP contribution in [0.2, 0.25) is 0 Å². The monoisotopic (exact) mass is 484 g/mol. The Bertz CT molecular complexity index is 1300. The molecule has 0 aliphatic heterocycles. The predicted molar refractivity (Wildman–Crippen MR) is 134 cm³/mol. The summed E-state index contributed by atoms with van der Waals surface area (Å²) in [4.78, 5) is 45.5. The zero-order valence-electron chi connectivity index (χ0n) is 21.1. The number of primary amides is 1. The molecule has 3 amide bonds. The Labute approximate surface area is 203 Å². The number of carbonyl (C=O) groups is 3. The van der Waals surface area contributed by atoms with E-state index in [2.05, 4.69) is 25.9 Å². The van der Waals surface area contributed by atoms with E-state index in [-0.39, 0.29) is 17.3 Å². The van der Waals surface area contributed by atoms with Crippen LogP contribution in [-0.4, -0.2) is 46.8 Å². The Morgan fingerprint density at radius 1 is 1.03 bits per heavy atom. The van der Waals surface area contributed by atoms with Gasteiger partial charge in [-0.3, -0.25) is 14.4 Å². The zero-order chi connectivity index (χ0) is 26.3. The molecule has 3 aromatic rings. The van der Waals surface area contributed by atoms with Gasteiger partial charge in [-0.15, -0.1) is 0 Å². The van der Waals surface area contributed by atoms with Gasteiger partial charge >= 0.3 is 0 Å². The number of aromatic nitrogens is 2. The van der Waals surface area contributed by atoms with Gasteiger partial charge in [0, 0.05) is 24.1 Å². The summed E-state index contributed by atoms with van der Waals surface area (Å²) in [5.74, 6) is -1.58. The maximum absolute atomic E-state index is 14.1. The van der Waals surface area contributed by atoms with E-state index < -0.39 is 40.5 Å². The number of benzene rings is 1. The summed E-state index contributed by atoms with van der Waals surface area (Å²) in [5.41, 5.74) is 5.52. The van der Waals surface area contributed by atoms with Crippen LogP contribution in [0.3, 0.4) is 0 Å². The minimum atomic E-state index is -0.828. The lowest BCUT2D eigenvalue weighted by Gasteiger charge is -2.35. The summed E-state index contributed by atoms with van der Waals surface area (Å²) in [6, 6.07) is 2.59. The first-order chi connectivity index (χ1) is 16.1. The number of carbonyl (C=O) groups excluding carboxylic acids is 3. The van der Waals surface area contributed by atoms with Gasteiger partial charge in [-0.05, 0) is 29.0 Å². The molecule has 2 heterocycles. The maximum Gasteiger partial charge on any atom is 0.252 e.